The summed E-state index contributed by atoms with van der Waals surface area (Å²) in [5, 5.41) is 0. The summed E-state index contributed by atoms with van der Waals surface area (Å²) in [7, 11) is 0. The summed E-state index contributed by atoms with van der Waals surface area (Å²) in [6, 6.07) is 0. The van der Waals surface area contributed by atoms with Crippen molar-refractivity contribution in [2.75, 3.05) is 6.61 Å². The summed E-state index contributed by atoms with van der Waals surface area (Å²) in [5.41, 5.74) is 0. The van der Waals surface area contributed by atoms with Crippen molar-refractivity contribution in [3.63, 3.8) is 0 Å². The second-order valence-electron chi connectivity index (χ2n) is 3.21. The third kappa shape index (κ3) is 2.79. The van der Waals surface area contributed by atoms with Crippen LogP contribution in [0.5, 0.6) is 0 Å². The Hall–Kier alpha value is -0.930. The minimum atomic E-state index is -0.851. The zero-order chi connectivity index (χ0) is 9.84. The van der Waals surface area contributed by atoms with Gasteiger partial charge in [0.05, 0.1) is 6.61 Å². The van der Waals surface area contributed by atoms with Crippen LogP contribution in [0.25, 0.3) is 0 Å². The number of ketones is 1. The van der Waals surface area contributed by atoms with Crippen LogP contribution in [-0.4, -0.2) is 24.5 Å². The first-order valence-corrected chi connectivity index (χ1v) is 4.46. The van der Waals surface area contributed by atoms with Gasteiger partial charge in [-0.15, -0.1) is 0 Å². The average molecular weight is 188 g/mol. The molecule has 1 aliphatic carbocycles. The SMILES string of the molecule is CCOC(=O)CC(=O)C1CC(F)C1. The molecule has 1 aliphatic rings. The molecular formula is C9H13FO3. The van der Waals surface area contributed by atoms with Crippen LogP contribution in [0.15, 0.2) is 0 Å². The summed E-state index contributed by atoms with van der Waals surface area (Å²) >= 11 is 0. The molecule has 0 aromatic heterocycles. The van der Waals surface area contributed by atoms with Crippen molar-refractivity contribution in [3.05, 3.63) is 0 Å². The van der Waals surface area contributed by atoms with Crippen LogP contribution in [0.4, 0.5) is 4.39 Å². The maximum Gasteiger partial charge on any atom is 0.313 e. The van der Waals surface area contributed by atoms with Gasteiger partial charge in [-0.05, 0) is 19.8 Å². The van der Waals surface area contributed by atoms with Gasteiger partial charge in [-0.25, -0.2) is 4.39 Å². The summed E-state index contributed by atoms with van der Waals surface area (Å²) in [6.07, 6.45) is -0.502. The van der Waals surface area contributed by atoms with Gasteiger partial charge in [-0.1, -0.05) is 0 Å². The first kappa shape index (κ1) is 10.2. The fraction of sp³-hybridized carbons (Fsp3) is 0.778. The van der Waals surface area contributed by atoms with E-state index in [1.807, 2.05) is 0 Å². The number of carbonyl (C=O) groups is 2. The van der Waals surface area contributed by atoms with Gasteiger partial charge in [0.2, 0.25) is 0 Å². The summed E-state index contributed by atoms with van der Waals surface area (Å²) in [4.78, 5) is 22.0. The van der Waals surface area contributed by atoms with Crippen LogP contribution in [0.3, 0.4) is 0 Å². The van der Waals surface area contributed by atoms with Crippen LogP contribution in [-0.2, 0) is 14.3 Å². The Kier molecular flexibility index (Phi) is 3.39. The lowest BCUT2D eigenvalue weighted by Gasteiger charge is -2.27. The van der Waals surface area contributed by atoms with Gasteiger partial charge in [0.15, 0.2) is 0 Å². The van der Waals surface area contributed by atoms with Crippen molar-refractivity contribution in [3.8, 4) is 0 Å². The predicted molar refractivity (Wildman–Crippen MR) is 43.9 cm³/mol. The number of hydrogen-bond donors (Lipinski definition) is 0. The zero-order valence-electron chi connectivity index (χ0n) is 7.59. The first-order chi connectivity index (χ1) is 6.13. The number of alkyl halides is 1. The van der Waals surface area contributed by atoms with Crippen LogP contribution in [0.1, 0.15) is 26.2 Å². The fourth-order valence-corrected chi connectivity index (χ4v) is 1.31. The van der Waals surface area contributed by atoms with E-state index in [1.165, 1.54) is 0 Å². The standard InChI is InChI=1S/C9H13FO3/c1-2-13-9(12)5-8(11)6-3-7(10)4-6/h6-7H,2-5H2,1H3. The predicted octanol–water partition coefficient (Wildman–Crippen LogP) is 1.26. The van der Waals surface area contributed by atoms with E-state index in [2.05, 4.69) is 4.74 Å². The lowest BCUT2D eigenvalue weighted by Crippen LogP contribution is -2.32. The second kappa shape index (κ2) is 4.35. The Morgan fingerprint density at radius 2 is 2.08 bits per heavy atom. The van der Waals surface area contributed by atoms with Crippen LogP contribution in [0, 0.1) is 5.92 Å². The van der Waals surface area contributed by atoms with E-state index in [9.17, 15) is 14.0 Å². The van der Waals surface area contributed by atoms with Crippen LogP contribution in [0.2, 0.25) is 0 Å². The molecule has 0 unspecified atom stereocenters. The van der Waals surface area contributed by atoms with E-state index in [0.717, 1.165) is 0 Å². The molecule has 74 valence electrons. The fourth-order valence-electron chi connectivity index (χ4n) is 1.31. The lowest BCUT2D eigenvalue weighted by molar-refractivity contribution is -0.147. The minimum Gasteiger partial charge on any atom is -0.466 e. The molecule has 0 aromatic rings. The zero-order valence-corrected chi connectivity index (χ0v) is 7.59. The molecule has 3 nitrogen and oxygen atoms in total. The number of Topliss-reactive ketones (excluding diaryl/α,β-unsaturated/α-hetero) is 1. The van der Waals surface area contributed by atoms with E-state index in [-0.39, 0.29) is 37.6 Å². The molecule has 0 amide bonds. The topological polar surface area (TPSA) is 43.4 Å². The molecule has 1 saturated carbocycles. The molecule has 0 heterocycles. The highest BCUT2D eigenvalue weighted by Crippen LogP contribution is 2.31. The smallest absolute Gasteiger partial charge is 0.313 e. The largest absolute Gasteiger partial charge is 0.466 e. The molecule has 0 aromatic carbocycles. The Morgan fingerprint density at radius 3 is 2.54 bits per heavy atom. The third-order valence-corrected chi connectivity index (χ3v) is 2.16. The lowest BCUT2D eigenvalue weighted by atomic mass is 9.79. The molecule has 0 spiro atoms. The number of ether oxygens (including phenoxy) is 1. The monoisotopic (exact) mass is 188 g/mol. The quantitative estimate of drug-likeness (QED) is 0.492. The maximum absolute atomic E-state index is 12.3. The normalized spacial score (nSPS) is 26.3. The second-order valence-corrected chi connectivity index (χ2v) is 3.21. The van der Waals surface area contributed by atoms with Crippen molar-refractivity contribution in [2.45, 2.75) is 32.4 Å². The molecule has 0 atom stereocenters. The molecule has 1 fully saturated rings. The highest BCUT2D eigenvalue weighted by atomic mass is 19.1. The Morgan fingerprint density at radius 1 is 1.46 bits per heavy atom. The molecule has 4 heteroatoms. The van der Waals surface area contributed by atoms with Crippen molar-refractivity contribution in [1.29, 1.82) is 0 Å². The first-order valence-electron chi connectivity index (χ1n) is 4.46. The van der Waals surface area contributed by atoms with Crippen molar-refractivity contribution < 1.29 is 18.7 Å². The molecular weight excluding hydrogens is 175 g/mol. The molecule has 0 saturated heterocycles. The van der Waals surface area contributed by atoms with E-state index in [4.69, 9.17) is 0 Å². The van der Waals surface area contributed by atoms with E-state index >= 15 is 0 Å². The molecule has 0 bridgehead atoms. The highest BCUT2D eigenvalue weighted by Gasteiger charge is 2.35. The molecule has 13 heavy (non-hydrogen) atoms. The third-order valence-electron chi connectivity index (χ3n) is 2.16. The average Bonchev–Trinajstić information content (AvgIpc) is 1.99. The minimum absolute atomic E-state index is 0.188. The Bertz CT molecular complexity index is 209. The van der Waals surface area contributed by atoms with E-state index < -0.39 is 12.1 Å². The number of esters is 1. The van der Waals surface area contributed by atoms with Crippen molar-refractivity contribution in [2.24, 2.45) is 5.92 Å². The van der Waals surface area contributed by atoms with E-state index in [1.54, 1.807) is 6.92 Å². The van der Waals surface area contributed by atoms with E-state index in [0.29, 0.717) is 0 Å². The van der Waals surface area contributed by atoms with Crippen molar-refractivity contribution in [1.82, 2.24) is 0 Å². The molecule has 0 N–H and O–H groups in total. The van der Waals surface area contributed by atoms with Gasteiger partial charge in [0, 0.05) is 5.92 Å². The number of halogens is 1. The summed E-state index contributed by atoms with van der Waals surface area (Å²) < 4.78 is 16.9. The van der Waals surface area contributed by atoms with Gasteiger partial charge < -0.3 is 4.74 Å². The summed E-state index contributed by atoms with van der Waals surface area (Å²) in [5.74, 6) is -0.943. The highest BCUT2D eigenvalue weighted by molar-refractivity contribution is 5.97. The van der Waals surface area contributed by atoms with Crippen molar-refractivity contribution >= 4 is 11.8 Å². The van der Waals surface area contributed by atoms with Crippen LogP contribution < -0.4 is 0 Å². The number of carbonyl (C=O) groups excluding carboxylic acids is 2. The molecule has 0 radical (unpaired) electrons. The maximum atomic E-state index is 12.3. The number of rotatable bonds is 4. The Balaban J connectivity index is 2.21. The van der Waals surface area contributed by atoms with Gasteiger partial charge >= 0.3 is 5.97 Å². The molecule has 0 aliphatic heterocycles. The Labute approximate surface area is 76.3 Å². The van der Waals surface area contributed by atoms with Gasteiger partial charge in [0.25, 0.3) is 0 Å². The van der Waals surface area contributed by atoms with Gasteiger partial charge in [-0.2, -0.15) is 0 Å². The number of hydrogen-bond acceptors (Lipinski definition) is 3. The summed E-state index contributed by atoms with van der Waals surface area (Å²) in [6.45, 7) is 1.96. The van der Waals surface area contributed by atoms with Crippen LogP contribution >= 0.6 is 0 Å². The van der Waals surface area contributed by atoms with Gasteiger partial charge in [-0.3, -0.25) is 9.59 Å². The van der Waals surface area contributed by atoms with Gasteiger partial charge in [0.1, 0.15) is 18.4 Å². The molecule has 1 rings (SSSR count).